The van der Waals surface area contributed by atoms with Crippen molar-refractivity contribution in [2.75, 3.05) is 13.7 Å². The molecule has 0 heterocycles. The number of carboxylic acids is 1. The van der Waals surface area contributed by atoms with Gasteiger partial charge in [0.25, 0.3) is 0 Å². The number of nitrogens with two attached hydrogens (primary N) is 3. The minimum atomic E-state index is -0.933. The number of aliphatic carboxylic acids is 1. The van der Waals surface area contributed by atoms with Gasteiger partial charge in [-0.1, -0.05) is 47.8 Å². The molecule has 0 saturated carbocycles. The molecule has 0 aliphatic carbocycles. The number of carbonyl (C=O) groups excluding carboxylic acids is 1. The number of para-hydroxylation sites is 1. The molecule has 0 saturated heterocycles. The van der Waals surface area contributed by atoms with Crippen LogP contribution < -0.4 is 21.9 Å². The number of aldehydes is 1. The summed E-state index contributed by atoms with van der Waals surface area (Å²) >= 11 is 11.2. The first-order valence-corrected chi connectivity index (χ1v) is 9.96. The molecule has 0 unspecified atom stereocenters. The Bertz CT molecular complexity index is 753. The molecule has 7 nitrogen and oxygen atoms in total. The van der Waals surface area contributed by atoms with Crippen LogP contribution in [0.1, 0.15) is 35.2 Å². The molecule has 0 amide bonds. The zero-order chi connectivity index (χ0) is 22.9. The topological polar surface area (TPSA) is 142 Å². The predicted molar refractivity (Wildman–Crippen MR) is 121 cm³/mol. The summed E-state index contributed by atoms with van der Waals surface area (Å²) in [6.07, 6.45) is 2.86. The van der Waals surface area contributed by atoms with E-state index in [1.54, 1.807) is 19.2 Å². The molecule has 0 bridgehead atoms. The van der Waals surface area contributed by atoms with Crippen molar-refractivity contribution in [3.8, 4) is 5.75 Å². The zero-order valence-corrected chi connectivity index (χ0v) is 18.4. The van der Waals surface area contributed by atoms with E-state index >= 15 is 0 Å². The molecule has 2 aromatic rings. The molecule has 0 fully saturated rings. The molecule has 0 spiro atoms. The summed E-state index contributed by atoms with van der Waals surface area (Å²) in [6.45, 7) is 1.14. The Hall–Kier alpha value is -2.16. The maximum atomic E-state index is 10.2. The minimum Gasteiger partial charge on any atom is -0.496 e. The first-order valence-electron chi connectivity index (χ1n) is 9.21. The van der Waals surface area contributed by atoms with Crippen molar-refractivity contribution in [3.63, 3.8) is 0 Å². The number of benzene rings is 2. The Balaban J connectivity index is 0.000000420. The number of methoxy groups -OCH3 is 1. The van der Waals surface area contributed by atoms with Crippen LogP contribution in [0.25, 0.3) is 0 Å². The van der Waals surface area contributed by atoms with Gasteiger partial charge >= 0.3 is 5.97 Å². The number of carboxylic acid groups (broad SMARTS) is 1. The molecular weight excluding hydrogens is 429 g/mol. The number of unbranched alkanes of at least 4 members (excludes halogenated alkanes) is 1. The summed E-state index contributed by atoms with van der Waals surface area (Å²) < 4.78 is 5.06. The van der Waals surface area contributed by atoms with Gasteiger partial charge in [-0.25, -0.2) is 0 Å². The van der Waals surface area contributed by atoms with Gasteiger partial charge in [-0.15, -0.1) is 0 Å². The van der Waals surface area contributed by atoms with Crippen LogP contribution in [0.5, 0.6) is 5.75 Å². The first-order chi connectivity index (χ1) is 14.3. The third-order valence-electron chi connectivity index (χ3n) is 3.79. The van der Waals surface area contributed by atoms with Crippen LogP contribution in [0, 0.1) is 0 Å². The van der Waals surface area contributed by atoms with Crippen LogP contribution in [-0.4, -0.2) is 37.1 Å². The van der Waals surface area contributed by atoms with Crippen LogP contribution in [-0.2, 0) is 11.3 Å². The lowest BCUT2D eigenvalue weighted by atomic mass is 10.1. The van der Waals surface area contributed by atoms with Crippen LogP contribution in [0.3, 0.4) is 0 Å². The monoisotopic (exact) mass is 457 g/mol. The molecule has 0 aromatic heterocycles. The second kappa shape index (κ2) is 16.6. The lowest BCUT2D eigenvalue weighted by Gasteiger charge is -2.03. The fourth-order valence-electron chi connectivity index (χ4n) is 2.10. The lowest BCUT2D eigenvalue weighted by molar-refractivity contribution is -0.138. The van der Waals surface area contributed by atoms with Gasteiger partial charge in [0.15, 0.2) is 6.29 Å². The minimum absolute atomic E-state index is 0.391. The van der Waals surface area contributed by atoms with E-state index in [1.807, 2.05) is 24.3 Å². The largest absolute Gasteiger partial charge is 0.496 e. The molecule has 7 N–H and O–H groups in total. The van der Waals surface area contributed by atoms with Crippen molar-refractivity contribution in [2.45, 2.75) is 31.8 Å². The normalized spacial score (nSPS) is 10.6. The Labute approximate surface area is 187 Å². The number of rotatable bonds is 8. The van der Waals surface area contributed by atoms with Gasteiger partial charge in [-0.3, -0.25) is 9.59 Å². The van der Waals surface area contributed by atoms with Crippen molar-refractivity contribution in [3.05, 3.63) is 63.6 Å². The second-order valence-corrected chi connectivity index (χ2v) is 6.87. The highest BCUT2D eigenvalue weighted by Gasteiger charge is 2.09. The molecule has 0 aliphatic heterocycles. The third-order valence-corrected chi connectivity index (χ3v) is 4.35. The quantitative estimate of drug-likeness (QED) is 0.350. The van der Waals surface area contributed by atoms with E-state index in [0.717, 1.165) is 24.2 Å². The number of hydrogen-bond acceptors (Lipinski definition) is 6. The van der Waals surface area contributed by atoms with Crippen LogP contribution >= 0.6 is 23.2 Å². The van der Waals surface area contributed by atoms with E-state index in [-0.39, 0.29) is 0 Å². The number of ether oxygens (including phenoxy) is 1. The summed E-state index contributed by atoms with van der Waals surface area (Å²) in [5.74, 6) is -0.0676. The molecule has 2 rings (SSSR count). The summed E-state index contributed by atoms with van der Waals surface area (Å²) in [7, 11) is 1.65. The Morgan fingerprint density at radius 2 is 1.83 bits per heavy atom. The lowest BCUT2D eigenvalue weighted by Crippen LogP contribution is -2.29. The smallest absolute Gasteiger partial charge is 0.320 e. The zero-order valence-electron chi connectivity index (χ0n) is 16.9. The molecule has 2 aromatic carbocycles. The molecule has 0 aliphatic rings. The van der Waals surface area contributed by atoms with Gasteiger partial charge in [0.2, 0.25) is 0 Å². The van der Waals surface area contributed by atoms with Gasteiger partial charge in [0.1, 0.15) is 11.8 Å². The molecular formula is C21H29Cl2N3O4. The maximum absolute atomic E-state index is 10.2. The highest BCUT2D eigenvalue weighted by atomic mass is 35.5. The number of carbonyl (C=O) groups is 2. The van der Waals surface area contributed by atoms with Gasteiger partial charge in [-0.05, 0) is 43.7 Å². The van der Waals surface area contributed by atoms with Gasteiger partial charge < -0.3 is 27.0 Å². The van der Waals surface area contributed by atoms with Crippen LogP contribution in [0.15, 0.2) is 42.5 Å². The third kappa shape index (κ3) is 11.7. The van der Waals surface area contributed by atoms with E-state index in [0.29, 0.717) is 41.4 Å². The molecule has 9 heteroatoms. The predicted octanol–water partition coefficient (Wildman–Crippen LogP) is 3.49. The highest BCUT2D eigenvalue weighted by molar-refractivity contribution is 6.36. The van der Waals surface area contributed by atoms with Crippen molar-refractivity contribution in [2.24, 2.45) is 17.2 Å². The fraction of sp³-hybridized carbons (Fsp3) is 0.333. The van der Waals surface area contributed by atoms with Crippen molar-refractivity contribution in [1.82, 2.24) is 0 Å². The summed E-state index contributed by atoms with van der Waals surface area (Å²) in [5, 5.41) is 9.25. The molecule has 30 heavy (non-hydrogen) atoms. The summed E-state index contributed by atoms with van der Waals surface area (Å²) in [4.78, 5) is 20.3. The van der Waals surface area contributed by atoms with Gasteiger partial charge in [0, 0.05) is 22.7 Å². The maximum Gasteiger partial charge on any atom is 0.320 e. The van der Waals surface area contributed by atoms with Crippen molar-refractivity contribution in [1.29, 1.82) is 0 Å². The van der Waals surface area contributed by atoms with E-state index in [1.165, 1.54) is 6.07 Å². The van der Waals surface area contributed by atoms with E-state index < -0.39 is 12.0 Å². The van der Waals surface area contributed by atoms with Gasteiger partial charge in [-0.2, -0.15) is 0 Å². The van der Waals surface area contributed by atoms with Crippen LogP contribution in [0.4, 0.5) is 0 Å². The average molecular weight is 458 g/mol. The SMILES string of the molecule is COc1ccccc1CN.NCCCC[C@H](N)C(=O)O.O=Cc1ccc(Cl)cc1Cl. The van der Waals surface area contributed by atoms with Gasteiger partial charge in [0.05, 0.1) is 12.1 Å². The molecule has 0 radical (unpaired) electrons. The van der Waals surface area contributed by atoms with Crippen LogP contribution in [0.2, 0.25) is 10.0 Å². The first kappa shape index (κ1) is 27.8. The Morgan fingerprint density at radius 1 is 1.17 bits per heavy atom. The average Bonchev–Trinajstić information content (AvgIpc) is 2.74. The number of halogens is 2. The fourth-order valence-corrected chi connectivity index (χ4v) is 2.55. The summed E-state index contributed by atoms with van der Waals surface area (Å²) in [6, 6.07) is 11.8. The number of hydrogen-bond donors (Lipinski definition) is 4. The summed E-state index contributed by atoms with van der Waals surface area (Å²) in [5.41, 5.74) is 17.4. The Morgan fingerprint density at radius 3 is 2.30 bits per heavy atom. The second-order valence-electron chi connectivity index (χ2n) is 6.03. The standard InChI is InChI=1S/C8H11NO.C7H4Cl2O.C6H14N2O2/c1-10-8-5-3-2-4-7(8)6-9;8-6-2-1-5(4-10)7(9)3-6;7-4-2-1-3-5(8)6(9)10/h2-5H,6,9H2,1H3;1-4H;5H,1-4,7-8H2,(H,9,10)/t;;5-/m..0/s1. The molecule has 166 valence electrons. The van der Waals surface area contributed by atoms with E-state index in [9.17, 15) is 9.59 Å². The highest BCUT2D eigenvalue weighted by Crippen LogP contribution is 2.19. The molecule has 1 atom stereocenters. The van der Waals surface area contributed by atoms with Crippen molar-refractivity contribution >= 4 is 35.5 Å². The Kier molecular flexibility index (Phi) is 15.4. The van der Waals surface area contributed by atoms with E-state index in [2.05, 4.69) is 0 Å². The van der Waals surface area contributed by atoms with Crippen molar-refractivity contribution < 1.29 is 19.4 Å². The van der Waals surface area contributed by atoms with E-state index in [4.69, 9.17) is 50.2 Å².